The molecule has 1 N–H and O–H groups in total. The van der Waals surface area contributed by atoms with Gasteiger partial charge >= 0.3 is 5.97 Å². The van der Waals surface area contributed by atoms with Crippen LogP contribution < -0.4 is 10.2 Å². The maximum atomic E-state index is 12.0. The van der Waals surface area contributed by atoms with E-state index in [0.29, 0.717) is 5.75 Å². The number of benzene rings is 2. The smallest absolute Gasteiger partial charge is 0.343 e. The number of hydrogen-bond donors (Lipinski definition) is 1. The highest BCUT2D eigenvalue weighted by molar-refractivity contribution is 5.83. The summed E-state index contributed by atoms with van der Waals surface area (Å²) in [6, 6.07) is 13.0. The molecule has 2 aromatic carbocycles. The lowest BCUT2D eigenvalue weighted by atomic mass is 10.0. The van der Waals surface area contributed by atoms with Crippen LogP contribution in [0.4, 0.5) is 0 Å². The fourth-order valence-corrected chi connectivity index (χ4v) is 2.29. The number of hydrogen-bond acceptors (Lipinski definition) is 5. The van der Waals surface area contributed by atoms with E-state index in [0.717, 1.165) is 16.7 Å². The van der Waals surface area contributed by atoms with Gasteiger partial charge in [0.15, 0.2) is 6.61 Å². The number of amides is 1. The number of rotatable bonds is 7. The highest BCUT2D eigenvalue weighted by Crippen LogP contribution is 2.12. The Hall–Kier alpha value is -3.15. The van der Waals surface area contributed by atoms with Gasteiger partial charge < -0.3 is 9.47 Å². The van der Waals surface area contributed by atoms with E-state index < -0.39 is 5.97 Å². The summed E-state index contributed by atoms with van der Waals surface area (Å²) in [6.07, 6.45) is 1.83. The van der Waals surface area contributed by atoms with Gasteiger partial charge in [0.05, 0.1) is 19.7 Å². The van der Waals surface area contributed by atoms with Crippen molar-refractivity contribution < 1.29 is 19.1 Å². The molecule has 2 rings (SSSR count). The molecule has 0 fully saturated rings. The van der Waals surface area contributed by atoms with Gasteiger partial charge in [0.1, 0.15) is 5.75 Å². The average molecular weight is 354 g/mol. The van der Waals surface area contributed by atoms with Crippen LogP contribution in [0.25, 0.3) is 0 Å². The monoisotopic (exact) mass is 354 g/mol. The second-order valence-electron chi connectivity index (χ2n) is 5.83. The lowest BCUT2D eigenvalue weighted by molar-refractivity contribution is -0.142. The Balaban J connectivity index is 1.83. The van der Waals surface area contributed by atoms with Gasteiger partial charge in [0.2, 0.25) is 5.91 Å². The van der Waals surface area contributed by atoms with E-state index in [4.69, 9.17) is 4.74 Å². The largest absolute Gasteiger partial charge is 0.482 e. The van der Waals surface area contributed by atoms with Crippen molar-refractivity contribution in [3.05, 3.63) is 64.7 Å². The number of methoxy groups -OCH3 is 1. The van der Waals surface area contributed by atoms with Crippen molar-refractivity contribution in [3.63, 3.8) is 0 Å². The first-order valence-electron chi connectivity index (χ1n) is 8.15. The molecule has 0 aliphatic rings. The van der Waals surface area contributed by atoms with Gasteiger partial charge in [-0.3, -0.25) is 4.79 Å². The minimum atomic E-state index is -0.442. The molecule has 0 saturated heterocycles. The van der Waals surface area contributed by atoms with Crippen molar-refractivity contribution in [1.82, 2.24) is 5.43 Å². The van der Waals surface area contributed by atoms with E-state index in [2.05, 4.69) is 21.3 Å². The zero-order valence-corrected chi connectivity index (χ0v) is 15.1. The normalized spacial score (nSPS) is 10.6. The SMILES string of the molecule is COC(=O)COc1ccc(/C=N/NC(=O)Cc2ccc(C)cc2C)cc1. The molecule has 0 aliphatic heterocycles. The number of aryl methyl sites for hydroxylation is 2. The highest BCUT2D eigenvalue weighted by Gasteiger charge is 2.05. The van der Waals surface area contributed by atoms with Crippen molar-refractivity contribution in [2.45, 2.75) is 20.3 Å². The topological polar surface area (TPSA) is 77.0 Å². The van der Waals surface area contributed by atoms with E-state index in [-0.39, 0.29) is 18.9 Å². The minimum Gasteiger partial charge on any atom is -0.482 e. The summed E-state index contributed by atoms with van der Waals surface area (Å²) in [5, 5.41) is 3.96. The number of nitrogens with zero attached hydrogens (tertiary/aromatic N) is 1. The molecule has 6 heteroatoms. The molecule has 0 aromatic heterocycles. The van der Waals surface area contributed by atoms with Gasteiger partial charge in [0, 0.05) is 0 Å². The number of carbonyl (C=O) groups is 2. The van der Waals surface area contributed by atoms with Crippen LogP contribution in [0.1, 0.15) is 22.3 Å². The molecular weight excluding hydrogens is 332 g/mol. The van der Waals surface area contributed by atoms with Crippen LogP contribution >= 0.6 is 0 Å². The van der Waals surface area contributed by atoms with E-state index >= 15 is 0 Å². The predicted molar refractivity (Wildman–Crippen MR) is 99.3 cm³/mol. The van der Waals surface area contributed by atoms with Crippen LogP contribution in [0.3, 0.4) is 0 Å². The predicted octanol–water partition coefficient (Wildman–Crippen LogP) is 2.55. The van der Waals surface area contributed by atoms with Crippen molar-refractivity contribution in [2.24, 2.45) is 5.10 Å². The molecule has 136 valence electrons. The zero-order chi connectivity index (χ0) is 18.9. The van der Waals surface area contributed by atoms with E-state index in [1.807, 2.05) is 26.0 Å². The standard InChI is InChI=1S/C20H22N2O4/c1-14-4-7-17(15(2)10-14)11-19(23)22-21-12-16-5-8-18(9-6-16)26-13-20(24)25-3/h4-10,12H,11,13H2,1-3H3,(H,22,23)/b21-12+. The van der Waals surface area contributed by atoms with Crippen LogP contribution in [0.5, 0.6) is 5.75 Å². The number of carbonyl (C=O) groups excluding carboxylic acids is 2. The molecule has 6 nitrogen and oxygen atoms in total. The van der Waals surface area contributed by atoms with Gasteiger partial charge in [-0.2, -0.15) is 5.10 Å². The quantitative estimate of drug-likeness (QED) is 0.471. The maximum absolute atomic E-state index is 12.0. The van der Waals surface area contributed by atoms with Gasteiger partial charge in [-0.15, -0.1) is 0 Å². The molecule has 0 spiro atoms. The molecule has 0 saturated carbocycles. The second kappa shape index (κ2) is 9.36. The van der Waals surface area contributed by atoms with Crippen molar-refractivity contribution in [2.75, 3.05) is 13.7 Å². The Morgan fingerprint density at radius 2 is 1.85 bits per heavy atom. The van der Waals surface area contributed by atoms with Gasteiger partial charge in [-0.05, 0) is 54.8 Å². The molecule has 2 aromatic rings. The Morgan fingerprint density at radius 1 is 1.12 bits per heavy atom. The van der Waals surface area contributed by atoms with Crippen molar-refractivity contribution >= 4 is 18.1 Å². The fourth-order valence-electron chi connectivity index (χ4n) is 2.29. The van der Waals surface area contributed by atoms with Gasteiger partial charge in [0.25, 0.3) is 0 Å². The highest BCUT2D eigenvalue weighted by atomic mass is 16.6. The van der Waals surface area contributed by atoms with Crippen molar-refractivity contribution in [3.8, 4) is 5.75 Å². The summed E-state index contributed by atoms with van der Waals surface area (Å²) in [5.74, 6) is -0.0696. The molecule has 0 radical (unpaired) electrons. The molecule has 0 heterocycles. The Labute approximate surface area is 152 Å². The molecule has 1 amide bonds. The second-order valence-corrected chi connectivity index (χ2v) is 5.83. The number of ether oxygens (including phenoxy) is 2. The summed E-state index contributed by atoms with van der Waals surface area (Å²) in [4.78, 5) is 23.0. The van der Waals surface area contributed by atoms with Crippen LogP contribution in [0.2, 0.25) is 0 Å². The lowest BCUT2D eigenvalue weighted by Crippen LogP contribution is -2.20. The molecule has 0 atom stereocenters. The van der Waals surface area contributed by atoms with E-state index in [1.165, 1.54) is 12.7 Å². The summed E-state index contributed by atoms with van der Waals surface area (Å²) in [6.45, 7) is 3.87. The average Bonchev–Trinajstić information content (AvgIpc) is 2.63. The minimum absolute atomic E-state index is 0.140. The lowest BCUT2D eigenvalue weighted by Gasteiger charge is -2.06. The van der Waals surface area contributed by atoms with Crippen molar-refractivity contribution in [1.29, 1.82) is 0 Å². The number of hydrazone groups is 1. The van der Waals surface area contributed by atoms with Crippen LogP contribution in [-0.2, 0) is 20.7 Å². The Bertz CT molecular complexity index is 798. The van der Waals surface area contributed by atoms with Crippen LogP contribution in [0.15, 0.2) is 47.6 Å². The summed E-state index contributed by atoms with van der Waals surface area (Å²) in [7, 11) is 1.31. The zero-order valence-electron chi connectivity index (χ0n) is 15.1. The van der Waals surface area contributed by atoms with Gasteiger partial charge in [-0.1, -0.05) is 23.8 Å². The van der Waals surface area contributed by atoms with Gasteiger partial charge in [-0.25, -0.2) is 10.2 Å². The third-order valence-corrected chi connectivity index (χ3v) is 3.72. The Morgan fingerprint density at radius 3 is 2.50 bits per heavy atom. The third-order valence-electron chi connectivity index (χ3n) is 3.72. The summed E-state index contributed by atoms with van der Waals surface area (Å²) in [5.41, 5.74) is 6.56. The van der Waals surface area contributed by atoms with Crippen LogP contribution in [-0.4, -0.2) is 31.8 Å². The van der Waals surface area contributed by atoms with E-state index in [9.17, 15) is 9.59 Å². The molecular formula is C20H22N2O4. The van der Waals surface area contributed by atoms with E-state index in [1.54, 1.807) is 30.5 Å². The first-order chi connectivity index (χ1) is 12.5. The molecule has 0 unspecified atom stereocenters. The fraction of sp³-hybridized carbons (Fsp3) is 0.250. The molecule has 0 bridgehead atoms. The third kappa shape index (κ3) is 6.05. The molecule has 26 heavy (non-hydrogen) atoms. The summed E-state index contributed by atoms with van der Waals surface area (Å²) >= 11 is 0. The maximum Gasteiger partial charge on any atom is 0.343 e. The molecule has 0 aliphatic carbocycles. The Kier molecular flexibility index (Phi) is 6.91. The van der Waals surface area contributed by atoms with Crippen LogP contribution in [0, 0.1) is 13.8 Å². The first kappa shape index (κ1) is 19.2. The number of nitrogens with one attached hydrogen (secondary N) is 1. The summed E-state index contributed by atoms with van der Waals surface area (Å²) < 4.78 is 9.76. The number of esters is 1. The first-order valence-corrected chi connectivity index (χ1v) is 8.15.